The topological polar surface area (TPSA) is 56.7 Å². The quantitative estimate of drug-likeness (QED) is 0.874. The molecular formula is C10H9F3N4. The highest BCUT2D eigenvalue weighted by molar-refractivity contribution is 5.23. The van der Waals surface area contributed by atoms with Gasteiger partial charge in [-0.3, -0.25) is 0 Å². The maximum absolute atomic E-state index is 12.4. The number of pyridine rings is 1. The fourth-order valence-electron chi connectivity index (χ4n) is 1.30. The van der Waals surface area contributed by atoms with Gasteiger partial charge in [0.25, 0.3) is 0 Å². The molecule has 2 rings (SSSR count). The van der Waals surface area contributed by atoms with Gasteiger partial charge in [0.2, 0.25) is 0 Å². The van der Waals surface area contributed by atoms with E-state index in [2.05, 4.69) is 10.1 Å². The highest BCUT2D eigenvalue weighted by atomic mass is 19.4. The summed E-state index contributed by atoms with van der Waals surface area (Å²) in [4.78, 5) is 3.96. The Bertz CT molecular complexity index is 492. The Hall–Kier alpha value is -1.89. The van der Waals surface area contributed by atoms with Crippen LogP contribution in [0.3, 0.4) is 0 Å². The molecular weight excluding hydrogens is 233 g/mol. The Morgan fingerprint density at radius 3 is 2.65 bits per heavy atom. The summed E-state index contributed by atoms with van der Waals surface area (Å²) in [6.45, 7) is 0. The molecule has 0 saturated heterocycles. The molecule has 0 saturated carbocycles. The second-order valence-corrected chi connectivity index (χ2v) is 3.43. The minimum absolute atomic E-state index is 0.0943. The average Bonchev–Trinajstić information content (AvgIpc) is 2.77. The van der Waals surface area contributed by atoms with Crippen LogP contribution in [0.25, 0.3) is 5.82 Å². The van der Waals surface area contributed by atoms with Gasteiger partial charge in [0, 0.05) is 18.0 Å². The monoisotopic (exact) mass is 242 g/mol. The van der Waals surface area contributed by atoms with E-state index >= 15 is 0 Å². The summed E-state index contributed by atoms with van der Waals surface area (Å²) in [5.74, 6) is 0.438. The van der Waals surface area contributed by atoms with E-state index in [0.29, 0.717) is 5.82 Å². The van der Waals surface area contributed by atoms with E-state index in [4.69, 9.17) is 5.73 Å². The molecule has 1 unspecified atom stereocenters. The zero-order valence-corrected chi connectivity index (χ0v) is 8.59. The van der Waals surface area contributed by atoms with Crippen molar-refractivity contribution in [1.29, 1.82) is 0 Å². The van der Waals surface area contributed by atoms with Gasteiger partial charge in [-0.05, 0) is 12.1 Å². The third-order valence-electron chi connectivity index (χ3n) is 2.20. The lowest BCUT2D eigenvalue weighted by Gasteiger charge is -2.12. The van der Waals surface area contributed by atoms with Crippen LogP contribution < -0.4 is 5.73 Å². The van der Waals surface area contributed by atoms with Gasteiger partial charge in [-0.1, -0.05) is 6.07 Å². The van der Waals surface area contributed by atoms with Gasteiger partial charge in [-0.25, -0.2) is 9.67 Å². The summed E-state index contributed by atoms with van der Waals surface area (Å²) in [6.07, 6.45) is -0.633. The molecule has 1 atom stereocenters. The molecule has 4 nitrogen and oxygen atoms in total. The van der Waals surface area contributed by atoms with Crippen molar-refractivity contribution in [1.82, 2.24) is 14.8 Å². The summed E-state index contributed by atoms with van der Waals surface area (Å²) < 4.78 is 38.4. The van der Waals surface area contributed by atoms with Crippen molar-refractivity contribution in [3.8, 4) is 5.82 Å². The summed E-state index contributed by atoms with van der Waals surface area (Å²) in [5, 5.41) is 3.80. The minimum Gasteiger partial charge on any atom is -0.316 e. The maximum Gasteiger partial charge on any atom is 0.407 e. The standard InChI is InChI=1S/C10H9F3N4/c11-10(12,13)9(14)7-5-16-17(6-7)8-3-1-2-4-15-8/h1-6,9H,14H2. The second kappa shape index (κ2) is 4.17. The highest BCUT2D eigenvalue weighted by Crippen LogP contribution is 2.30. The number of alkyl halides is 3. The lowest BCUT2D eigenvalue weighted by Crippen LogP contribution is -2.28. The van der Waals surface area contributed by atoms with Crippen LogP contribution in [0.1, 0.15) is 11.6 Å². The molecule has 2 N–H and O–H groups in total. The molecule has 0 bridgehead atoms. The molecule has 17 heavy (non-hydrogen) atoms. The summed E-state index contributed by atoms with van der Waals surface area (Å²) >= 11 is 0. The van der Waals surface area contributed by atoms with Gasteiger partial charge in [-0.2, -0.15) is 18.3 Å². The van der Waals surface area contributed by atoms with Crippen molar-refractivity contribution in [3.05, 3.63) is 42.4 Å². The predicted molar refractivity (Wildman–Crippen MR) is 54.3 cm³/mol. The molecule has 90 valence electrons. The van der Waals surface area contributed by atoms with Crippen molar-refractivity contribution in [2.75, 3.05) is 0 Å². The first-order valence-corrected chi connectivity index (χ1v) is 4.77. The van der Waals surface area contributed by atoms with E-state index in [1.807, 2.05) is 0 Å². The Morgan fingerprint density at radius 2 is 2.06 bits per heavy atom. The van der Waals surface area contributed by atoms with Crippen LogP contribution in [0.5, 0.6) is 0 Å². The van der Waals surface area contributed by atoms with E-state index in [1.54, 1.807) is 18.2 Å². The van der Waals surface area contributed by atoms with Crippen LogP contribution in [0, 0.1) is 0 Å². The fourth-order valence-corrected chi connectivity index (χ4v) is 1.30. The van der Waals surface area contributed by atoms with Crippen LogP contribution in [-0.2, 0) is 0 Å². The van der Waals surface area contributed by atoms with Crippen LogP contribution in [0.15, 0.2) is 36.8 Å². The Kier molecular flexibility index (Phi) is 2.84. The molecule has 0 fully saturated rings. The summed E-state index contributed by atoms with van der Waals surface area (Å²) in [5.41, 5.74) is 4.97. The molecule has 7 heteroatoms. The normalized spacial score (nSPS) is 13.6. The van der Waals surface area contributed by atoms with Gasteiger partial charge in [0.05, 0.1) is 6.20 Å². The zero-order valence-electron chi connectivity index (χ0n) is 8.59. The van der Waals surface area contributed by atoms with Gasteiger partial charge in [0.15, 0.2) is 5.82 Å². The highest BCUT2D eigenvalue weighted by Gasteiger charge is 2.38. The van der Waals surface area contributed by atoms with Crippen molar-refractivity contribution >= 4 is 0 Å². The van der Waals surface area contributed by atoms with Crippen LogP contribution in [0.4, 0.5) is 13.2 Å². The Morgan fingerprint density at radius 1 is 1.29 bits per heavy atom. The maximum atomic E-state index is 12.4. The van der Waals surface area contributed by atoms with Crippen LogP contribution in [0.2, 0.25) is 0 Å². The van der Waals surface area contributed by atoms with E-state index in [0.717, 1.165) is 6.20 Å². The summed E-state index contributed by atoms with van der Waals surface area (Å²) in [7, 11) is 0. The molecule has 0 aliphatic carbocycles. The molecule has 0 radical (unpaired) electrons. The van der Waals surface area contributed by atoms with E-state index in [1.165, 1.54) is 17.1 Å². The predicted octanol–water partition coefficient (Wildman–Crippen LogP) is 1.83. The number of hydrogen-bond donors (Lipinski definition) is 1. The number of nitrogens with zero attached hydrogens (tertiary/aromatic N) is 3. The average molecular weight is 242 g/mol. The summed E-state index contributed by atoms with van der Waals surface area (Å²) in [6, 6.07) is 3.03. The Labute approximate surface area is 94.9 Å². The lowest BCUT2D eigenvalue weighted by molar-refractivity contribution is -0.149. The molecule has 2 aromatic rings. The number of rotatable bonds is 2. The number of hydrogen-bond acceptors (Lipinski definition) is 3. The largest absolute Gasteiger partial charge is 0.407 e. The van der Waals surface area contributed by atoms with Crippen molar-refractivity contribution in [2.45, 2.75) is 12.2 Å². The van der Waals surface area contributed by atoms with Gasteiger partial charge >= 0.3 is 6.18 Å². The van der Waals surface area contributed by atoms with Crippen LogP contribution >= 0.6 is 0 Å². The first-order valence-electron chi connectivity index (χ1n) is 4.77. The molecule has 0 aromatic carbocycles. The zero-order chi connectivity index (χ0) is 12.5. The SMILES string of the molecule is NC(c1cnn(-c2ccccn2)c1)C(F)(F)F. The molecule has 0 aliphatic rings. The van der Waals surface area contributed by atoms with Gasteiger partial charge in [0.1, 0.15) is 6.04 Å². The minimum atomic E-state index is -4.47. The van der Waals surface area contributed by atoms with Crippen molar-refractivity contribution < 1.29 is 13.2 Å². The molecule has 0 aliphatic heterocycles. The number of aromatic nitrogens is 3. The van der Waals surface area contributed by atoms with Crippen molar-refractivity contribution in [2.24, 2.45) is 5.73 Å². The molecule has 0 spiro atoms. The fraction of sp³-hybridized carbons (Fsp3) is 0.200. The molecule has 2 aromatic heterocycles. The number of nitrogens with two attached hydrogens (primary N) is 1. The lowest BCUT2D eigenvalue weighted by atomic mass is 10.2. The first kappa shape index (κ1) is 11.6. The molecule has 0 amide bonds. The van der Waals surface area contributed by atoms with Crippen LogP contribution in [-0.4, -0.2) is 20.9 Å². The van der Waals surface area contributed by atoms with E-state index in [-0.39, 0.29) is 5.56 Å². The van der Waals surface area contributed by atoms with Gasteiger partial charge in [-0.15, -0.1) is 0 Å². The second-order valence-electron chi connectivity index (χ2n) is 3.43. The van der Waals surface area contributed by atoms with Crippen molar-refractivity contribution in [3.63, 3.8) is 0 Å². The first-order chi connectivity index (χ1) is 7.98. The smallest absolute Gasteiger partial charge is 0.316 e. The third kappa shape index (κ3) is 2.44. The van der Waals surface area contributed by atoms with Gasteiger partial charge < -0.3 is 5.73 Å². The van der Waals surface area contributed by atoms with E-state index < -0.39 is 12.2 Å². The molecule has 2 heterocycles. The third-order valence-corrected chi connectivity index (χ3v) is 2.20. The van der Waals surface area contributed by atoms with E-state index in [9.17, 15) is 13.2 Å². The Balaban J connectivity index is 2.28. The number of halogens is 3.